The van der Waals surface area contributed by atoms with Gasteiger partial charge in [0.15, 0.2) is 5.78 Å². The molecule has 0 heterocycles. The van der Waals surface area contributed by atoms with E-state index in [1.165, 1.54) is 13.2 Å². The molecule has 0 aromatic rings. The number of hydrogen-bond acceptors (Lipinski definition) is 4. The van der Waals surface area contributed by atoms with Crippen molar-refractivity contribution in [2.24, 2.45) is 5.92 Å². The fourth-order valence-corrected chi connectivity index (χ4v) is 2.48. The van der Waals surface area contributed by atoms with Crippen molar-refractivity contribution in [1.29, 1.82) is 0 Å². The van der Waals surface area contributed by atoms with E-state index >= 15 is 0 Å². The van der Waals surface area contributed by atoms with Crippen molar-refractivity contribution >= 4 is 11.8 Å². The number of carbonyl (C=O) groups is 2. The fourth-order valence-electron chi connectivity index (χ4n) is 2.48. The van der Waals surface area contributed by atoms with E-state index in [9.17, 15) is 14.7 Å². The van der Waals surface area contributed by atoms with Crippen molar-refractivity contribution in [2.45, 2.75) is 39.2 Å². The first-order valence-corrected chi connectivity index (χ1v) is 7.27. The molecule has 0 bridgehead atoms. The van der Waals surface area contributed by atoms with Gasteiger partial charge in [0.2, 0.25) is 0 Å². The van der Waals surface area contributed by atoms with E-state index in [0.717, 1.165) is 11.1 Å². The minimum Gasteiger partial charge on any atom is -0.478 e. The molecule has 0 amide bonds. The Kier molecular flexibility index (Phi) is 7.21. The largest absolute Gasteiger partial charge is 0.478 e. The maximum Gasteiger partial charge on any atom is 0.331 e. The molecule has 1 rings (SSSR count). The highest BCUT2D eigenvalue weighted by Crippen LogP contribution is 2.28. The quantitative estimate of drug-likeness (QED) is 0.624. The average Bonchev–Trinajstić information content (AvgIpc) is 2.44. The van der Waals surface area contributed by atoms with Crippen molar-refractivity contribution in [2.75, 3.05) is 13.9 Å². The monoisotopic (exact) mass is 308 g/mol. The van der Waals surface area contributed by atoms with E-state index in [1.54, 1.807) is 6.08 Å². The SMILES string of the molecule is C=C(C(=O)O)C1CC/C(C)=C/C(=O)/C=C(/C)C(OCOC)C1. The summed E-state index contributed by atoms with van der Waals surface area (Å²) in [6, 6.07) is 0. The van der Waals surface area contributed by atoms with Crippen LogP contribution in [0.1, 0.15) is 33.1 Å². The Labute approximate surface area is 131 Å². The summed E-state index contributed by atoms with van der Waals surface area (Å²) >= 11 is 0. The van der Waals surface area contributed by atoms with E-state index in [0.29, 0.717) is 19.3 Å². The molecule has 22 heavy (non-hydrogen) atoms. The van der Waals surface area contributed by atoms with Gasteiger partial charge in [-0.2, -0.15) is 0 Å². The number of methoxy groups -OCH3 is 1. The maximum absolute atomic E-state index is 11.9. The molecule has 122 valence electrons. The topological polar surface area (TPSA) is 72.8 Å². The second kappa shape index (κ2) is 8.66. The van der Waals surface area contributed by atoms with E-state index in [-0.39, 0.29) is 30.2 Å². The average molecular weight is 308 g/mol. The smallest absolute Gasteiger partial charge is 0.331 e. The molecule has 0 fully saturated rings. The van der Waals surface area contributed by atoms with Crippen LogP contribution in [0.4, 0.5) is 0 Å². The minimum absolute atomic E-state index is 0.0727. The maximum atomic E-state index is 11.9. The van der Waals surface area contributed by atoms with Crippen LogP contribution in [0, 0.1) is 5.92 Å². The standard InChI is InChI=1S/C17H24O5/c1-11-5-6-14(13(3)17(19)20)9-16(22-10-21-4)12(2)8-15(18)7-11/h7-8,14,16H,3,5-6,9-10H2,1-2,4H3,(H,19,20)/b11-7+,12-8-. The van der Waals surface area contributed by atoms with E-state index < -0.39 is 5.97 Å². The summed E-state index contributed by atoms with van der Waals surface area (Å²) in [5.41, 5.74) is 1.88. The third-order valence-corrected chi connectivity index (χ3v) is 3.81. The Hall–Kier alpha value is -1.72. The van der Waals surface area contributed by atoms with Crippen molar-refractivity contribution in [3.05, 3.63) is 35.5 Å². The Balaban J connectivity index is 3.07. The van der Waals surface area contributed by atoms with Crippen LogP contribution in [0.5, 0.6) is 0 Å². The number of carboxylic acids is 1. The third-order valence-electron chi connectivity index (χ3n) is 3.81. The number of hydrogen-bond donors (Lipinski definition) is 1. The van der Waals surface area contributed by atoms with Gasteiger partial charge in [-0.15, -0.1) is 0 Å². The number of rotatable bonds is 5. The number of carboxylic acid groups (broad SMARTS) is 1. The normalized spacial score (nSPS) is 28.2. The zero-order valence-corrected chi connectivity index (χ0v) is 13.4. The number of allylic oxidation sites excluding steroid dienone is 3. The molecule has 5 nitrogen and oxygen atoms in total. The zero-order chi connectivity index (χ0) is 16.7. The number of ketones is 1. The van der Waals surface area contributed by atoms with Gasteiger partial charge in [-0.3, -0.25) is 4.79 Å². The van der Waals surface area contributed by atoms with Gasteiger partial charge < -0.3 is 14.6 Å². The van der Waals surface area contributed by atoms with Crippen molar-refractivity contribution in [1.82, 2.24) is 0 Å². The summed E-state index contributed by atoms with van der Waals surface area (Å²) in [6.45, 7) is 7.47. The Morgan fingerprint density at radius 3 is 2.68 bits per heavy atom. The molecule has 0 saturated carbocycles. The summed E-state index contributed by atoms with van der Waals surface area (Å²) in [4.78, 5) is 23.2. The zero-order valence-electron chi connectivity index (χ0n) is 13.4. The molecule has 0 aliphatic heterocycles. The second-order valence-corrected chi connectivity index (χ2v) is 5.64. The first-order valence-electron chi connectivity index (χ1n) is 7.27. The molecule has 0 aromatic heterocycles. The highest BCUT2D eigenvalue weighted by atomic mass is 16.7. The lowest BCUT2D eigenvalue weighted by Gasteiger charge is -2.25. The van der Waals surface area contributed by atoms with Gasteiger partial charge in [-0.1, -0.05) is 12.2 Å². The fraction of sp³-hybridized carbons (Fsp3) is 0.529. The molecule has 0 radical (unpaired) electrons. The predicted octanol–water partition coefficient (Wildman–Crippen LogP) is 2.88. The van der Waals surface area contributed by atoms with Gasteiger partial charge in [0.05, 0.1) is 6.10 Å². The predicted molar refractivity (Wildman–Crippen MR) is 83.4 cm³/mol. The van der Waals surface area contributed by atoms with Gasteiger partial charge in [-0.05, 0) is 56.8 Å². The summed E-state index contributed by atoms with van der Waals surface area (Å²) in [5, 5.41) is 9.21. The van der Waals surface area contributed by atoms with Crippen LogP contribution in [0.25, 0.3) is 0 Å². The lowest BCUT2D eigenvalue weighted by molar-refractivity contribution is -0.133. The van der Waals surface area contributed by atoms with Gasteiger partial charge in [0.1, 0.15) is 6.79 Å². The Morgan fingerprint density at radius 1 is 1.41 bits per heavy atom. The molecule has 0 aromatic carbocycles. The van der Waals surface area contributed by atoms with E-state index in [4.69, 9.17) is 9.47 Å². The summed E-state index contributed by atoms with van der Waals surface area (Å²) in [7, 11) is 1.52. The molecular formula is C17H24O5. The van der Waals surface area contributed by atoms with Gasteiger partial charge >= 0.3 is 5.97 Å². The van der Waals surface area contributed by atoms with Gasteiger partial charge in [0, 0.05) is 12.7 Å². The van der Waals surface area contributed by atoms with Gasteiger partial charge in [-0.25, -0.2) is 4.79 Å². The Bertz CT molecular complexity index is 501. The second-order valence-electron chi connectivity index (χ2n) is 5.64. The van der Waals surface area contributed by atoms with Crippen molar-refractivity contribution < 1.29 is 24.2 Å². The molecule has 1 N–H and O–H groups in total. The molecule has 2 atom stereocenters. The first-order chi connectivity index (χ1) is 10.3. The van der Waals surface area contributed by atoms with Crippen LogP contribution in [-0.2, 0) is 19.1 Å². The van der Waals surface area contributed by atoms with Crippen LogP contribution in [0.15, 0.2) is 35.5 Å². The van der Waals surface area contributed by atoms with Crippen molar-refractivity contribution in [3.8, 4) is 0 Å². The minimum atomic E-state index is -0.994. The summed E-state index contributed by atoms with van der Waals surface area (Å²) in [6.07, 6.45) is 4.51. The van der Waals surface area contributed by atoms with Gasteiger partial charge in [0.25, 0.3) is 0 Å². The lowest BCUT2D eigenvalue weighted by Crippen LogP contribution is -2.24. The number of carbonyl (C=O) groups excluding carboxylic acids is 1. The highest BCUT2D eigenvalue weighted by Gasteiger charge is 2.25. The summed E-state index contributed by atoms with van der Waals surface area (Å²) in [5.74, 6) is -1.28. The molecule has 0 saturated heterocycles. The Morgan fingerprint density at radius 2 is 2.09 bits per heavy atom. The molecule has 1 aliphatic rings. The third kappa shape index (κ3) is 5.58. The lowest BCUT2D eigenvalue weighted by atomic mass is 9.85. The van der Waals surface area contributed by atoms with Crippen LogP contribution < -0.4 is 0 Å². The number of aliphatic carboxylic acids is 1. The molecule has 0 spiro atoms. The molecule has 2 unspecified atom stereocenters. The first kappa shape index (κ1) is 18.3. The molecule has 5 heteroatoms. The molecular weight excluding hydrogens is 284 g/mol. The molecule has 1 aliphatic carbocycles. The number of ether oxygens (including phenoxy) is 2. The van der Waals surface area contributed by atoms with Crippen LogP contribution >= 0.6 is 0 Å². The van der Waals surface area contributed by atoms with E-state index in [1.807, 2.05) is 13.8 Å². The summed E-state index contributed by atoms with van der Waals surface area (Å²) < 4.78 is 10.5. The van der Waals surface area contributed by atoms with Crippen molar-refractivity contribution in [3.63, 3.8) is 0 Å². The van der Waals surface area contributed by atoms with E-state index in [2.05, 4.69) is 6.58 Å². The van der Waals surface area contributed by atoms with Crippen LogP contribution in [-0.4, -0.2) is 36.9 Å². The van der Waals surface area contributed by atoms with Crippen LogP contribution in [0.2, 0.25) is 0 Å². The van der Waals surface area contributed by atoms with Crippen LogP contribution in [0.3, 0.4) is 0 Å². The highest BCUT2D eigenvalue weighted by molar-refractivity contribution is 6.00.